The van der Waals surface area contributed by atoms with Gasteiger partial charge < -0.3 is 5.73 Å². The highest BCUT2D eigenvalue weighted by Gasteiger charge is 2.17. The summed E-state index contributed by atoms with van der Waals surface area (Å²) >= 11 is 0. The van der Waals surface area contributed by atoms with Gasteiger partial charge in [0.25, 0.3) is 5.69 Å². The number of nitro groups is 1. The summed E-state index contributed by atoms with van der Waals surface area (Å²) in [7, 11) is -3.78. The third kappa shape index (κ3) is 4.85. The molecule has 0 aromatic heterocycles. The van der Waals surface area contributed by atoms with E-state index < -0.39 is 21.0 Å². The van der Waals surface area contributed by atoms with E-state index in [-0.39, 0.29) is 17.1 Å². The van der Waals surface area contributed by atoms with E-state index in [4.69, 9.17) is 5.73 Å². The lowest BCUT2D eigenvalue weighted by Crippen LogP contribution is -2.32. The number of nitrogens with two attached hydrogens (primary N) is 1. The summed E-state index contributed by atoms with van der Waals surface area (Å²) in [6, 6.07) is 11.9. The highest BCUT2D eigenvalue weighted by Crippen LogP contribution is 2.19. The first-order valence-corrected chi connectivity index (χ1v) is 9.28. The van der Waals surface area contributed by atoms with Gasteiger partial charge in [0.15, 0.2) is 0 Å². The summed E-state index contributed by atoms with van der Waals surface area (Å²) in [5.41, 5.74) is 7.90. The maximum atomic E-state index is 12.3. The van der Waals surface area contributed by atoms with Crippen molar-refractivity contribution in [3.8, 4) is 0 Å². The van der Waals surface area contributed by atoms with Gasteiger partial charge in [-0.05, 0) is 29.2 Å². The molecule has 0 amide bonds. The first-order chi connectivity index (χ1) is 11.7. The van der Waals surface area contributed by atoms with E-state index in [0.717, 1.165) is 17.7 Å². The van der Waals surface area contributed by atoms with Crippen molar-refractivity contribution in [3.63, 3.8) is 0 Å². The molecule has 0 unspecified atom stereocenters. The fourth-order valence-electron chi connectivity index (χ4n) is 2.28. The molecule has 0 saturated heterocycles. The maximum absolute atomic E-state index is 12.3. The van der Waals surface area contributed by atoms with Crippen LogP contribution >= 0.6 is 0 Å². The molecule has 134 valence electrons. The number of sulfonamides is 1. The van der Waals surface area contributed by atoms with E-state index >= 15 is 0 Å². The molecule has 2 aromatic carbocycles. The Morgan fingerprint density at radius 2 is 1.56 bits per heavy atom. The molecule has 0 heterocycles. The van der Waals surface area contributed by atoms with E-state index in [0.29, 0.717) is 5.92 Å². The predicted octanol–water partition coefficient (Wildman–Crippen LogP) is 2.70. The van der Waals surface area contributed by atoms with Gasteiger partial charge in [0.2, 0.25) is 10.0 Å². The van der Waals surface area contributed by atoms with Crippen LogP contribution in [0.15, 0.2) is 53.4 Å². The highest BCUT2D eigenvalue weighted by atomic mass is 32.2. The van der Waals surface area contributed by atoms with Crippen molar-refractivity contribution >= 4 is 15.7 Å². The molecule has 25 heavy (non-hydrogen) atoms. The summed E-state index contributed by atoms with van der Waals surface area (Å²) in [4.78, 5) is 10.00. The molecule has 3 N–H and O–H groups in total. The number of benzene rings is 2. The number of hydrogen-bond donors (Lipinski definition) is 2. The van der Waals surface area contributed by atoms with Gasteiger partial charge in [-0.15, -0.1) is 0 Å². The van der Waals surface area contributed by atoms with Crippen LogP contribution in [0.2, 0.25) is 0 Å². The molecule has 0 radical (unpaired) electrons. The number of hydrogen-bond acceptors (Lipinski definition) is 5. The molecule has 0 fully saturated rings. The average molecular weight is 363 g/mol. The fraction of sp³-hybridized carbons (Fsp3) is 0.294. The molecule has 0 spiro atoms. The number of nitro benzene ring substituents is 1. The Morgan fingerprint density at radius 1 is 1.04 bits per heavy atom. The Bertz CT molecular complexity index is 831. The second kappa shape index (κ2) is 7.73. The molecular formula is C17H21N3O4S. The Labute approximate surface area is 147 Å². The molecule has 2 aromatic rings. The third-order valence-electron chi connectivity index (χ3n) is 3.88. The second-order valence-corrected chi connectivity index (χ2v) is 7.80. The quantitative estimate of drug-likeness (QED) is 0.579. The standard InChI is InChI=1S/C17H21N3O4S/c1-12(2)13-3-5-14(6-4-13)17(18)11-19-25(23,24)16-9-7-15(8-10-16)20(21)22/h3-10,12,17,19H,11,18H2,1-2H3/t17-/m1/s1. The average Bonchev–Trinajstić information content (AvgIpc) is 2.60. The minimum atomic E-state index is -3.78. The molecule has 0 bridgehead atoms. The SMILES string of the molecule is CC(C)c1ccc([C@H](N)CNS(=O)(=O)c2ccc([N+](=O)[O-])cc2)cc1. The van der Waals surface area contributed by atoms with Crippen molar-refractivity contribution in [2.24, 2.45) is 5.73 Å². The summed E-state index contributed by atoms with van der Waals surface area (Å²) in [6.45, 7) is 4.21. The summed E-state index contributed by atoms with van der Waals surface area (Å²) in [6.07, 6.45) is 0. The maximum Gasteiger partial charge on any atom is 0.269 e. The minimum Gasteiger partial charge on any atom is -0.323 e. The van der Waals surface area contributed by atoms with Gasteiger partial charge in [0.1, 0.15) is 0 Å². The van der Waals surface area contributed by atoms with Crippen molar-refractivity contribution in [2.75, 3.05) is 6.54 Å². The van der Waals surface area contributed by atoms with Gasteiger partial charge in [-0.1, -0.05) is 38.1 Å². The van der Waals surface area contributed by atoms with E-state index in [1.165, 1.54) is 17.7 Å². The van der Waals surface area contributed by atoms with Crippen LogP contribution in [0.25, 0.3) is 0 Å². The van der Waals surface area contributed by atoms with Crippen LogP contribution in [0.4, 0.5) is 5.69 Å². The van der Waals surface area contributed by atoms with Crippen LogP contribution in [0.5, 0.6) is 0 Å². The smallest absolute Gasteiger partial charge is 0.269 e. The Kier molecular flexibility index (Phi) is 5.89. The van der Waals surface area contributed by atoms with E-state index in [1.807, 2.05) is 24.3 Å². The Morgan fingerprint density at radius 3 is 2.04 bits per heavy atom. The number of nitrogens with zero attached hydrogens (tertiary/aromatic N) is 1. The molecule has 0 aliphatic rings. The lowest BCUT2D eigenvalue weighted by molar-refractivity contribution is -0.384. The summed E-state index contributed by atoms with van der Waals surface area (Å²) in [5, 5.41) is 10.6. The molecule has 8 heteroatoms. The molecule has 0 aliphatic heterocycles. The van der Waals surface area contributed by atoms with Gasteiger partial charge in [0, 0.05) is 24.7 Å². The summed E-state index contributed by atoms with van der Waals surface area (Å²) < 4.78 is 26.9. The van der Waals surface area contributed by atoms with Crippen molar-refractivity contribution in [2.45, 2.75) is 30.7 Å². The van der Waals surface area contributed by atoms with Crippen LogP contribution in [0, 0.1) is 10.1 Å². The molecule has 2 rings (SSSR count). The first-order valence-electron chi connectivity index (χ1n) is 7.80. The van der Waals surface area contributed by atoms with Crippen molar-refractivity contribution in [1.29, 1.82) is 0 Å². The largest absolute Gasteiger partial charge is 0.323 e. The summed E-state index contributed by atoms with van der Waals surface area (Å²) in [5.74, 6) is 0.408. The number of non-ortho nitro benzene ring substituents is 1. The van der Waals surface area contributed by atoms with Crippen LogP contribution in [-0.4, -0.2) is 19.9 Å². The van der Waals surface area contributed by atoms with E-state index in [2.05, 4.69) is 18.6 Å². The van der Waals surface area contributed by atoms with E-state index in [9.17, 15) is 18.5 Å². The first kappa shape index (κ1) is 19.0. The number of nitrogens with one attached hydrogen (secondary N) is 1. The van der Waals surface area contributed by atoms with Crippen LogP contribution in [-0.2, 0) is 10.0 Å². The van der Waals surface area contributed by atoms with Crippen LogP contribution < -0.4 is 10.5 Å². The van der Waals surface area contributed by atoms with Crippen molar-refractivity contribution in [3.05, 3.63) is 69.8 Å². The molecular weight excluding hydrogens is 342 g/mol. The predicted molar refractivity (Wildman–Crippen MR) is 95.7 cm³/mol. The van der Waals surface area contributed by atoms with Crippen LogP contribution in [0.1, 0.15) is 36.9 Å². The van der Waals surface area contributed by atoms with Gasteiger partial charge in [-0.2, -0.15) is 0 Å². The zero-order chi connectivity index (χ0) is 18.6. The Balaban J connectivity index is 2.04. The van der Waals surface area contributed by atoms with Crippen LogP contribution in [0.3, 0.4) is 0 Å². The normalized spacial score (nSPS) is 13.0. The van der Waals surface area contributed by atoms with Gasteiger partial charge in [-0.25, -0.2) is 13.1 Å². The monoisotopic (exact) mass is 363 g/mol. The van der Waals surface area contributed by atoms with Gasteiger partial charge in [-0.3, -0.25) is 10.1 Å². The van der Waals surface area contributed by atoms with E-state index in [1.54, 1.807) is 0 Å². The zero-order valence-corrected chi connectivity index (χ0v) is 14.9. The fourth-order valence-corrected chi connectivity index (χ4v) is 3.34. The topological polar surface area (TPSA) is 115 Å². The minimum absolute atomic E-state index is 0.0281. The Hall–Kier alpha value is -2.29. The van der Waals surface area contributed by atoms with Gasteiger partial charge in [0.05, 0.1) is 9.82 Å². The van der Waals surface area contributed by atoms with Crippen molar-refractivity contribution in [1.82, 2.24) is 4.72 Å². The second-order valence-electron chi connectivity index (χ2n) is 6.03. The lowest BCUT2D eigenvalue weighted by atomic mass is 9.99. The zero-order valence-electron chi connectivity index (χ0n) is 14.0. The third-order valence-corrected chi connectivity index (χ3v) is 5.32. The molecule has 1 atom stereocenters. The van der Waals surface area contributed by atoms with Crippen molar-refractivity contribution < 1.29 is 13.3 Å². The molecule has 7 nitrogen and oxygen atoms in total. The number of rotatable bonds is 7. The molecule has 0 aliphatic carbocycles. The molecule has 0 saturated carbocycles. The highest BCUT2D eigenvalue weighted by molar-refractivity contribution is 7.89. The lowest BCUT2D eigenvalue weighted by Gasteiger charge is -2.15. The van der Waals surface area contributed by atoms with Gasteiger partial charge >= 0.3 is 0 Å².